The Kier molecular flexibility index (Phi) is 6.44. The molecule has 6 heteroatoms. The zero-order valence-corrected chi connectivity index (χ0v) is 15.5. The summed E-state index contributed by atoms with van der Waals surface area (Å²) >= 11 is 1.68. The Morgan fingerprint density at radius 3 is 2.69 bits per heavy atom. The zero-order valence-electron chi connectivity index (χ0n) is 14.7. The van der Waals surface area contributed by atoms with E-state index in [0.717, 1.165) is 23.7 Å². The minimum Gasteiger partial charge on any atom is -0.348 e. The van der Waals surface area contributed by atoms with Crippen molar-refractivity contribution in [2.75, 3.05) is 0 Å². The van der Waals surface area contributed by atoms with Crippen LogP contribution in [0, 0.1) is 0 Å². The van der Waals surface area contributed by atoms with Gasteiger partial charge in [0.2, 0.25) is 0 Å². The Balaban J connectivity index is 1.54. The number of pyridine rings is 1. The molecule has 1 atom stereocenters. The van der Waals surface area contributed by atoms with Crippen molar-refractivity contribution < 1.29 is 4.79 Å². The second-order valence-electron chi connectivity index (χ2n) is 5.99. The Hall–Kier alpha value is -2.60. The van der Waals surface area contributed by atoms with Gasteiger partial charge in [0.15, 0.2) is 0 Å². The Morgan fingerprint density at radius 2 is 2.04 bits per heavy atom. The molecule has 5 nitrogen and oxygen atoms in total. The van der Waals surface area contributed by atoms with Gasteiger partial charge in [-0.15, -0.1) is 11.8 Å². The monoisotopic (exact) mass is 366 g/mol. The number of nitrogens with one attached hydrogen (secondary N) is 1. The third kappa shape index (κ3) is 5.20. The molecule has 0 aliphatic rings. The van der Waals surface area contributed by atoms with Gasteiger partial charge in [-0.25, -0.2) is 9.97 Å². The maximum Gasteiger partial charge on any atom is 0.251 e. The van der Waals surface area contributed by atoms with Crippen LogP contribution in [0.4, 0.5) is 0 Å². The molecule has 2 heterocycles. The fourth-order valence-corrected chi connectivity index (χ4v) is 3.35. The molecule has 0 fully saturated rings. The third-order valence-corrected chi connectivity index (χ3v) is 5.07. The molecule has 1 amide bonds. The summed E-state index contributed by atoms with van der Waals surface area (Å²) in [5.41, 5.74) is 1.85. The molecule has 134 valence electrons. The van der Waals surface area contributed by atoms with E-state index in [0.29, 0.717) is 5.56 Å². The van der Waals surface area contributed by atoms with E-state index in [4.69, 9.17) is 0 Å². The van der Waals surface area contributed by atoms with Crippen LogP contribution in [-0.2, 0) is 12.3 Å². The normalized spacial score (nSPS) is 11.9. The van der Waals surface area contributed by atoms with Crippen LogP contribution in [0.2, 0.25) is 0 Å². The van der Waals surface area contributed by atoms with Crippen molar-refractivity contribution in [2.24, 2.45) is 0 Å². The summed E-state index contributed by atoms with van der Waals surface area (Å²) in [6, 6.07) is 13.7. The zero-order chi connectivity index (χ0) is 18.2. The number of aromatic nitrogens is 3. The van der Waals surface area contributed by atoms with E-state index in [1.807, 2.05) is 53.2 Å². The molecule has 1 N–H and O–H groups in total. The number of rotatable bonds is 8. The smallest absolute Gasteiger partial charge is 0.251 e. The van der Waals surface area contributed by atoms with Crippen molar-refractivity contribution in [3.8, 4) is 0 Å². The summed E-state index contributed by atoms with van der Waals surface area (Å²) in [7, 11) is 0. The van der Waals surface area contributed by atoms with Gasteiger partial charge in [-0.2, -0.15) is 0 Å². The highest BCUT2D eigenvalue weighted by Gasteiger charge is 2.12. The number of imidazole rings is 1. The lowest BCUT2D eigenvalue weighted by Crippen LogP contribution is -2.37. The van der Waals surface area contributed by atoms with Gasteiger partial charge in [-0.05, 0) is 36.2 Å². The van der Waals surface area contributed by atoms with Crippen molar-refractivity contribution in [1.29, 1.82) is 0 Å². The maximum absolute atomic E-state index is 12.5. The summed E-state index contributed by atoms with van der Waals surface area (Å²) in [5, 5.41) is 4.10. The lowest BCUT2D eigenvalue weighted by molar-refractivity contribution is 0.0932. The summed E-state index contributed by atoms with van der Waals surface area (Å²) in [5.74, 6) is 0.790. The number of hydrogen-bond donors (Lipinski definition) is 1. The molecule has 1 aromatic carbocycles. The van der Waals surface area contributed by atoms with Crippen LogP contribution in [0.15, 0.2) is 72.4 Å². The molecule has 2 aromatic heterocycles. The van der Waals surface area contributed by atoms with E-state index in [-0.39, 0.29) is 11.9 Å². The molecular weight excluding hydrogens is 344 g/mol. The van der Waals surface area contributed by atoms with Gasteiger partial charge < -0.3 is 9.88 Å². The average molecular weight is 366 g/mol. The van der Waals surface area contributed by atoms with Crippen molar-refractivity contribution in [3.05, 3.63) is 78.5 Å². The molecule has 26 heavy (non-hydrogen) atoms. The van der Waals surface area contributed by atoms with Gasteiger partial charge in [0.25, 0.3) is 5.91 Å². The number of thioether (sulfide) groups is 1. The first kappa shape index (κ1) is 18.2. The molecule has 0 saturated carbocycles. The lowest BCUT2D eigenvalue weighted by Gasteiger charge is -2.17. The molecule has 0 bridgehead atoms. The first-order chi connectivity index (χ1) is 12.7. The fourth-order valence-electron chi connectivity index (χ4n) is 2.54. The van der Waals surface area contributed by atoms with Crippen LogP contribution >= 0.6 is 11.8 Å². The molecule has 0 spiro atoms. The quantitative estimate of drug-likeness (QED) is 0.617. The van der Waals surface area contributed by atoms with E-state index in [1.165, 1.54) is 5.56 Å². The van der Waals surface area contributed by atoms with Crippen LogP contribution in [-0.4, -0.2) is 26.5 Å². The summed E-state index contributed by atoms with van der Waals surface area (Å²) in [4.78, 5) is 20.8. The largest absolute Gasteiger partial charge is 0.348 e. The number of hydrogen-bond acceptors (Lipinski definition) is 4. The molecule has 3 rings (SSSR count). The SMILES string of the molecule is CC[C@@H](Cn1ccnc1)NC(=O)c1ccc(CSc2ccccn2)cc1. The van der Waals surface area contributed by atoms with E-state index in [9.17, 15) is 4.79 Å². The minimum absolute atomic E-state index is 0.0408. The minimum atomic E-state index is -0.0408. The predicted octanol–water partition coefficient (Wildman–Crippen LogP) is 3.78. The first-order valence-electron chi connectivity index (χ1n) is 8.64. The van der Waals surface area contributed by atoms with E-state index >= 15 is 0 Å². The summed E-state index contributed by atoms with van der Waals surface area (Å²) in [6.45, 7) is 2.79. The molecule has 0 saturated heterocycles. The van der Waals surface area contributed by atoms with Crippen LogP contribution < -0.4 is 5.32 Å². The topological polar surface area (TPSA) is 59.8 Å². The van der Waals surface area contributed by atoms with Crippen molar-refractivity contribution >= 4 is 17.7 Å². The first-order valence-corrected chi connectivity index (χ1v) is 9.62. The summed E-state index contributed by atoms with van der Waals surface area (Å²) in [6.07, 6.45) is 8.08. The van der Waals surface area contributed by atoms with Gasteiger partial charge in [0.05, 0.1) is 11.4 Å². The van der Waals surface area contributed by atoms with Crippen LogP contribution in [0.1, 0.15) is 29.3 Å². The number of nitrogens with zero attached hydrogens (tertiary/aromatic N) is 3. The third-order valence-electron chi connectivity index (χ3n) is 4.06. The Bertz CT molecular complexity index is 804. The highest BCUT2D eigenvalue weighted by atomic mass is 32.2. The highest BCUT2D eigenvalue weighted by molar-refractivity contribution is 7.98. The van der Waals surface area contributed by atoms with Crippen molar-refractivity contribution in [2.45, 2.75) is 36.7 Å². The fraction of sp³-hybridized carbons (Fsp3) is 0.250. The Morgan fingerprint density at radius 1 is 1.19 bits per heavy atom. The highest BCUT2D eigenvalue weighted by Crippen LogP contribution is 2.20. The summed E-state index contributed by atoms with van der Waals surface area (Å²) < 4.78 is 1.98. The van der Waals surface area contributed by atoms with Gasteiger partial charge in [0.1, 0.15) is 0 Å². The van der Waals surface area contributed by atoms with Crippen LogP contribution in [0.5, 0.6) is 0 Å². The number of benzene rings is 1. The molecule has 0 aliphatic carbocycles. The lowest BCUT2D eigenvalue weighted by atomic mass is 10.1. The number of carbonyl (C=O) groups is 1. The maximum atomic E-state index is 12.5. The van der Waals surface area contributed by atoms with E-state index in [2.05, 4.69) is 22.2 Å². The average Bonchev–Trinajstić information content (AvgIpc) is 3.20. The Labute approximate surface area is 157 Å². The number of carbonyl (C=O) groups excluding carboxylic acids is 1. The van der Waals surface area contributed by atoms with Gasteiger partial charge in [0, 0.05) is 42.5 Å². The standard InChI is InChI=1S/C20H22N4OS/c1-2-18(13-24-12-11-21-15-24)23-20(25)17-8-6-16(7-9-17)14-26-19-5-3-4-10-22-19/h3-12,15,18H,2,13-14H2,1H3,(H,23,25)/t18-/m0/s1. The molecule has 3 aromatic rings. The second-order valence-corrected chi connectivity index (χ2v) is 6.99. The van der Waals surface area contributed by atoms with Gasteiger partial charge in [-0.3, -0.25) is 4.79 Å². The number of amides is 1. The van der Waals surface area contributed by atoms with E-state index < -0.39 is 0 Å². The van der Waals surface area contributed by atoms with Crippen molar-refractivity contribution in [1.82, 2.24) is 19.9 Å². The van der Waals surface area contributed by atoms with Crippen LogP contribution in [0.3, 0.4) is 0 Å². The second kappa shape index (κ2) is 9.20. The van der Waals surface area contributed by atoms with Crippen LogP contribution in [0.25, 0.3) is 0 Å². The van der Waals surface area contributed by atoms with E-state index in [1.54, 1.807) is 30.5 Å². The van der Waals surface area contributed by atoms with Crippen molar-refractivity contribution in [3.63, 3.8) is 0 Å². The van der Waals surface area contributed by atoms with Gasteiger partial charge in [-0.1, -0.05) is 25.1 Å². The molecule has 0 aliphatic heterocycles. The molecular formula is C20H22N4OS. The molecule has 0 radical (unpaired) electrons. The predicted molar refractivity (Wildman–Crippen MR) is 104 cm³/mol. The molecule has 0 unspecified atom stereocenters. The van der Waals surface area contributed by atoms with Gasteiger partial charge >= 0.3 is 0 Å².